The van der Waals surface area contributed by atoms with Crippen molar-refractivity contribution in [3.8, 4) is 5.75 Å². The number of nitrogens with two attached hydrogens (primary N) is 2. The minimum Gasteiger partial charge on any atom is -0.365 e. The first-order chi connectivity index (χ1) is 8.30. The van der Waals surface area contributed by atoms with Crippen molar-refractivity contribution < 1.29 is 18.3 Å². The van der Waals surface area contributed by atoms with Crippen LogP contribution in [0.5, 0.6) is 5.75 Å². The first kappa shape index (κ1) is 12.3. The van der Waals surface area contributed by atoms with Gasteiger partial charge in [-0.3, -0.25) is 9.90 Å². The van der Waals surface area contributed by atoms with Crippen molar-refractivity contribution in [3.63, 3.8) is 0 Å². The summed E-state index contributed by atoms with van der Waals surface area (Å²) < 4.78 is 22.7. The first-order valence-corrected chi connectivity index (χ1v) is 6.42. The molecule has 4 N–H and O–H groups in total. The fourth-order valence-electron chi connectivity index (χ4n) is 1.72. The van der Waals surface area contributed by atoms with E-state index < -0.39 is 21.7 Å². The van der Waals surface area contributed by atoms with E-state index in [4.69, 9.17) is 10.9 Å². The Labute approximate surface area is 103 Å². The van der Waals surface area contributed by atoms with Gasteiger partial charge in [-0.05, 0) is 23.6 Å². The number of sulfonamides is 1. The monoisotopic (exact) mass is 265 g/mol. The van der Waals surface area contributed by atoms with Crippen LogP contribution in [0.2, 0.25) is 0 Å². The maximum absolute atomic E-state index is 11.6. The van der Waals surface area contributed by atoms with E-state index in [1.54, 1.807) is 6.07 Å². The zero-order valence-electron chi connectivity index (χ0n) is 9.08. The molecule has 18 heavy (non-hydrogen) atoms. The Bertz CT molecular complexity index is 753. The van der Waals surface area contributed by atoms with E-state index in [0.29, 0.717) is 5.39 Å². The number of primary amides is 1. The average molecular weight is 265 g/mol. The Balaban J connectivity index is 2.89. The molecular formula is C11H9N2O4S. The highest BCUT2D eigenvalue weighted by atomic mass is 32.2. The zero-order valence-corrected chi connectivity index (χ0v) is 9.90. The lowest BCUT2D eigenvalue weighted by molar-refractivity contribution is 0.0996. The number of carbonyl (C=O) groups excluding carboxylic acids is 1. The van der Waals surface area contributed by atoms with Crippen LogP contribution in [0.4, 0.5) is 0 Å². The molecule has 0 spiro atoms. The summed E-state index contributed by atoms with van der Waals surface area (Å²) in [6, 6.07) is 6.64. The number of hydrogen-bond donors (Lipinski definition) is 2. The van der Waals surface area contributed by atoms with Crippen molar-refractivity contribution in [2.24, 2.45) is 10.9 Å². The van der Waals surface area contributed by atoms with Crippen LogP contribution in [-0.2, 0) is 15.1 Å². The molecule has 0 heterocycles. The lowest BCUT2D eigenvalue weighted by Crippen LogP contribution is -2.13. The fraction of sp³-hybridized carbons (Fsp3) is 0. The molecule has 2 aromatic carbocycles. The Morgan fingerprint density at radius 3 is 2.39 bits per heavy atom. The molecule has 0 fully saturated rings. The van der Waals surface area contributed by atoms with Crippen LogP contribution in [0.15, 0.2) is 35.2 Å². The van der Waals surface area contributed by atoms with Crippen LogP contribution < -0.4 is 10.9 Å². The molecule has 0 bridgehead atoms. The molecule has 0 atom stereocenters. The second-order valence-corrected chi connectivity index (χ2v) is 5.26. The average Bonchev–Trinajstić information content (AvgIpc) is 2.25. The van der Waals surface area contributed by atoms with Crippen molar-refractivity contribution >= 4 is 26.7 Å². The Morgan fingerprint density at radius 2 is 1.83 bits per heavy atom. The molecule has 1 radical (unpaired) electrons. The molecule has 2 aromatic rings. The third-order valence-electron chi connectivity index (χ3n) is 2.51. The Hall–Kier alpha value is -2.12. The normalized spacial score (nSPS) is 11.6. The lowest BCUT2D eigenvalue weighted by Gasteiger charge is -2.06. The molecule has 7 heteroatoms. The minimum absolute atomic E-state index is 0.159. The number of amides is 1. The maximum atomic E-state index is 11.6. The van der Waals surface area contributed by atoms with E-state index in [1.807, 2.05) is 0 Å². The van der Waals surface area contributed by atoms with Crippen molar-refractivity contribution in [2.45, 2.75) is 4.90 Å². The topological polar surface area (TPSA) is 123 Å². The molecule has 0 saturated heterocycles. The molecule has 0 aliphatic heterocycles. The summed E-state index contributed by atoms with van der Waals surface area (Å²) in [6.07, 6.45) is 0. The minimum atomic E-state index is -3.93. The third-order valence-corrected chi connectivity index (χ3v) is 3.48. The molecule has 93 valence electrons. The van der Waals surface area contributed by atoms with E-state index in [-0.39, 0.29) is 15.8 Å². The quantitative estimate of drug-likeness (QED) is 0.831. The van der Waals surface area contributed by atoms with Gasteiger partial charge in [-0.15, -0.1) is 0 Å². The van der Waals surface area contributed by atoms with Crippen molar-refractivity contribution in [3.05, 3.63) is 35.9 Å². The number of carbonyl (C=O) groups is 1. The molecule has 0 aliphatic rings. The number of benzene rings is 2. The summed E-state index contributed by atoms with van der Waals surface area (Å²) in [4.78, 5) is 10.9. The summed E-state index contributed by atoms with van der Waals surface area (Å²) >= 11 is 0. The van der Waals surface area contributed by atoms with Gasteiger partial charge >= 0.3 is 0 Å². The molecule has 6 nitrogen and oxygen atoms in total. The van der Waals surface area contributed by atoms with Crippen LogP contribution in [0.1, 0.15) is 10.4 Å². The molecule has 1 amide bonds. The summed E-state index contributed by atoms with van der Waals surface area (Å²) in [6.45, 7) is 0. The molecule has 0 aromatic heterocycles. The largest absolute Gasteiger partial charge is 0.365 e. The van der Waals surface area contributed by atoms with Gasteiger partial charge in [0.15, 0.2) is 5.75 Å². The Morgan fingerprint density at radius 1 is 1.17 bits per heavy atom. The molecule has 0 aliphatic carbocycles. The van der Waals surface area contributed by atoms with E-state index in [9.17, 15) is 18.3 Å². The lowest BCUT2D eigenvalue weighted by atomic mass is 10.1. The molecular weight excluding hydrogens is 256 g/mol. The van der Waals surface area contributed by atoms with Gasteiger partial charge in [0, 0.05) is 5.39 Å². The standard InChI is InChI=1S/C11H9N2O4S/c12-11(15)8-4-6-2-1-3-10(18(13,16)17)7(6)5-9(8)14/h1-5H,(H2,12,15)(H2,13,16,17). The van der Waals surface area contributed by atoms with Crippen molar-refractivity contribution in [1.29, 1.82) is 0 Å². The number of hydrogen-bond acceptors (Lipinski definition) is 3. The summed E-state index contributed by atoms with van der Waals surface area (Å²) in [7, 11) is -3.93. The summed E-state index contributed by atoms with van der Waals surface area (Å²) in [5, 5.41) is 17.3. The van der Waals surface area contributed by atoms with Crippen molar-refractivity contribution in [1.82, 2.24) is 0 Å². The van der Waals surface area contributed by atoms with Gasteiger partial charge in [-0.1, -0.05) is 12.1 Å². The third kappa shape index (κ3) is 2.01. The van der Waals surface area contributed by atoms with Crippen molar-refractivity contribution in [2.75, 3.05) is 0 Å². The van der Waals surface area contributed by atoms with Gasteiger partial charge in [0.05, 0.1) is 10.5 Å². The predicted octanol–water partition coefficient (Wildman–Crippen LogP) is 0.730. The number of fused-ring (bicyclic) bond motifs is 1. The molecule has 2 rings (SSSR count). The smallest absolute Gasteiger partial charge is 0.252 e. The van der Waals surface area contributed by atoms with Gasteiger partial charge in [-0.2, -0.15) is 0 Å². The highest BCUT2D eigenvalue weighted by Gasteiger charge is 2.16. The predicted molar refractivity (Wildman–Crippen MR) is 64.0 cm³/mol. The van der Waals surface area contributed by atoms with E-state index in [2.05, 4.69) is 0 Å². The van der Waals surface area contributed by atoms with Gasteiger partial charge in [0.25, 0.3) is 5.91 Å². The van der Waals surface area contributed by atoms with E-state index in [1.165, 1.54) is 18.2 Å². The van der Waals surface area contributed by atoms with Crippen LogP contribution in [0.3, 0.4) is 0 Å². The van der Waals surface area contributed by atoms with Crippen LogP contribution in [-0.4, -0.2) is 14.3 Å². The second-order valence-electron chi connectivity index (χ2n) is 3.73. The van der Waals surface area contributed by atoms with Gasteiger partial charge < -0.3 is 5.73 Å². The fourth-order valence-corrected chi connectivity index (χ4v) is 2.47. The summed E-state index contributed by atoms with van der Waals surface area (Å²) in [5.41, 5.74) is 4.86. The Kier molecular flexibility index (Phi) is 2.72. The first-order valence-electron chi connectivity index (χ1n) is 4.87. The van der Waals surface area contributed by atoms with E-state index in [0.717, 1.165) is 6.07 Å². The maximum Gasteiger partial charge on any atom is 0.252 e. The van der Waals surface area contributed by atoms with Gasteiger partial charge in [-0.25, -0.2) is 13.6 Å². The number of rotatable bonds is 2. The highest BCUT2D eigenvalue weighted by Crippen LogP contribution is 2.29. The SMILES string of the molecule is NC(=O)c1cc2cccc(S(N)(=O)=O)c2cc1[O]. The molecule has 0 unspecified atom stereocenters. The summed E-state index contributed by atoms with van der Waals surface area (Å²) in [5.74, 6) is -1.49. The van der Waals surface area contributed by atoms with E-state index >= 15 is 0 Å². The zero-order chi connectivity index (χ0) is 13.5. The van der Waals surface area contributed by atoms with Crippen LogP contribution in [0.25, 0.3) is 10.8 Å². The van der Waals surface area contributed by atoms with Gasteiger partial charge in [0.1, 0.15) is 0 Å². The van der Waals surface area contributed by atoms with Gasteiger partial charge in [0.2, 0.25) is 10.0 Å². The highest BCUT2D eigenvalue weighted by molar-refractivity contribution is 7.89. The second kappa shape index (κ2) is 3.97. The van der Waals surface area contributed by atoms with Crippen LogP contribution in [0, 0.1) is 0 Å². The number of primary sulfonamides is 1. The molecule has 0 saturated carbocycles. The van der Waals surface area contributed by atoms with Crippen LogP contribution >= 0.6 is 0 Å².